The first-order valence-corrected chi connectivity index (χ1v) is 8.12. The molecule has 0 bridgehead atoms. The first-order chi connectivity index (χ1) is 10.3. The molecule has 116 valence electrons. The number of aliphatic hydroxyl groups is 2. The summed E-state index contributed by atoms with van der Waals surface area (Å²) in [6, 6.07) is 9.03. The van der Waals surface area contributed by atoms with Crippen LogP contribution in [0, 0.1) is 11.3 Å². The second kappa shape index (κ2) is 11.4. The van der Waals surface area contributed by atoms with Crippen LogP contribution >= 0.6 is 11.8 Å². The molecular formula is C15H22N2O3S. The van der Waals surface area contributed by atoms with E-state index in [1.807, 2.05) is 0 Å². The van der Waals surface area contributed by atoms with Gasteiger partial charge in [0.15, 0.2) is 0 Å². The second-order valence-corrected chi connectivity index (χ2v) is 5.69. The molecule has 6 heteroatoms. The Kier molecular flexibility index (Phi) is 9.66. The quantitative estimate of drug-likeness (QED) is 0.529. The van der Waals surface area contributed by atoms with E-state index in [1.165, 1.54) is 0 Å². The van der Waals surface area contributed by atoms with Crippen LogP contribution in [-0.4, -0.2) is 54.1 Å². The molecule has 1 aromatic rings. The fourth-order valence-corrected chi connectivity index (χ4v) is 2.44. The van der Waals surface area contributed by atoms with E-state index in [1.54, 1.807) is 36.0 Å². The van der Waals surface area contributed by atoms with Gasteiger partial charge in [0.25, 0.3) is 0 Å². The third kappa shape index (κ3) is 7.93. The van der Waals surface area contributed by atoms with E-state index in [2.05, 4.69) is 11.4 Å². The Labute approximate surface area is 129 Å². The van der Waals surface area contributed by atoms with Gasteiger partial charge in [-0.15, -0.1) is 0 Å². The highest BCUT2D eigenvalue weighted by atomic mass is 32.2. The first kappa shape index (κ1) is 17.8. The molecule has 0 saturated carbocycles. The van der Waals surface area contributed by atoms with Gasteiger partial charge < -0.3 is 20.3 Å². The van der Waals surface area contributed by atoms with Crippen LogP contribution in [0.5, 0.6) is 5.75 Å². The number of rotatable bonds is 11. The zero-order valence-corrected chi connectivity index (χ0v) is 12.8. The number of nitrogens with zero attached hydrogens (tertiary/aromatic N) is 1. The number of para-hydroxylation sites is 1. The van der Waals surface area contributed by atoms with E-state index in [9.17, 15) is 5.11 Å². The summed E-state index contributed by atoms with van der Waals surface area (Å²) < 4.78 is 5.45. The molecule has 5 nitrogen and oxygen atoms in total. The molecule has 0 radical (unpaired) electrons. The van der Waals surface area contributed by atoms with Crippen LogP contribution in [0.2, 0.25) is 0 Å². The van der Waals surface area contributed by atoms with Crippen LogP contribution in [0.15, 0.2) is 24.3 Å². The number of hydrogen-bond donors (Lipinski definition) is 3. The SMILES string of the molecule is N#Cc1ccccc1OCC(O)CNCCSCCCO. The van der Waals surface area contributed by atoms with Gasteiger partial charge in [-0.05, 0) is 24.3 Å². The molecule has 0 aliphatic heterocycles. The van der Waals surface area contributed by atoms with Crippen LogP contribution in [0.3, 0.4) is 0 Å². The van der Waals surface area contributed by atoms with Gasteiger partial charge >= 0.3 is 0 Å². The van der Waals surface area contributed by atoms with Crippen molar-refractivity contribution in [2.45, 2.75) is 12.5 Å². The highest BCUT2D eigenvalue weighted by Crippen LogP contribution is 2.16. The monoisotopic (exact) mass is 310 g/mol. The molecule has 0 saturated heterocycles. The lowest BCUT2D eigenvalue weighted by Gasteiger charge is -2.13. The molecule has 3 N–H and O–H groups in total. The molecule has 1 atom stereocenters. The van der Waals surface area contributed by atoms with Crippen molar-refractivity contribution in [3.63, 3.8) is 0 Å². The molecule has 0 amide bonds. The lowest BCUT2D eigenvalue weighted by molar-refractivity contribution is 0.107. The molecule has 0 aliphatic carbocycles. The number of aliphatic hydroxyl groups excluding tert-OH is 2. The zero-order chi connectivity index (χ0) is 15.3. The second-order valence-electron chi connectivity index (χ2n) is 4.47. The minimum absolute atomic E-state index is 0.156. The summed E-state index contributed by atoms with van der Waals surface area (Å²) in [6.07, 6.45) is 0.207. The average Bonchev–Trinajstić information content (AvgIpc) is 2.52. The third-order valence-corrected chi connectivity index (χ3v) is 3.76. The van der Waals surface area contributed by atoms with Crippen molar-refractivity contribution < 1.29 is 14.9 Å². The fourth-order valence-electron chi connectivity index (χ4n) is 1.61. The number of benzene rings is 1. The molecule has 0 fully saturated rings. The number of ether oxygens (including phenoxy) is 1. The summed E-state index contributed by atoms with van der Waals surface area (Å²) in [5.41, 5.74) is 0.470. The molecular weight excluding hydrogens is 288 g/mol. The molecule has 21 heavy (non-hydrogen) atoms. The number of nitriles is 1. The highest BCUT2D eigenvalue weighted by molar-refractivity contribution is 7.99. The van der Waals surface area contributed by atoms with E-state index in [0.717, 1.165) is 24.5 Å². The summed E-state index contributed by atoms with van der Waals surface area (Å²) in [5, 5.41) is 30.5. The van der Waals surface area contributed by atoms with Crippen LogP contribution in [0.25, 0.3) is 0 Å². The van der Waals surface area contributed by atoms with Crippen molar-refractivity contribution in [1.29, 1.82) is 5.26 Å². The Morgan fingerprint density at radius 3 is 2.90 bits per heavy atom. The maximum Gasteiger partial charge on any atom is 0.137 e. The van der Waals surface area contributed by atoms with Crippen molar-refractivity contribution in [2.24, 2.45) is 0 Å². The van der Waals surface area contributed by atoms with Gasteiger partial charge in [-0.1, -0.05) is 12.1 Å². The van der Waals surface area contributed by atoms with Gasteiger partial charge in [-0.25, -0.2) is 0 Å². The largest absolute Gasteiger partial charge is 0.489 e. The van der Waals surface area contributed by atoms with Crippen LogP contribution in [-0.2, 0) is 0 Å². The predicted molar refractivity (Wildman–Crippen MR) is 84.6 cm³/mol. The smallest absolute Gasteiger partial charge is 0.137 e. The predicted octanol–water partition coefficient (Wildman–Crippen LogP) is 1.00. The van der Waals surface area contributed by atoms with Crippen LogP contribution in [0.1, 0.15) is 12.0 Å². The Morgan fingerprint density at radius 1 is 1.33 bits per heavy atom. The molecule has 0 aliphatic rings. The van der Waals surface area contributed by atoms with Gasteiger partial charge in [-0.2, -0.15) is 17.0 Å². The van der Waals surface area contributed by atoms with E-state index in [0.29, 0.717) is 17.9 Å². The van der Waals surface area contributed by atoms with Gasteiger partial charge in [0.05, 0.1) is 5.56 Å². The van der Waals surface area contributed by atoms with E-state index >= 15 is 0 Å². The summed E-state index contributed by atoms with van der Waals surface area (Å²) in [6.45, 7) is 1.65. The zero-order valence-electron chi connectivity index (χ0n) is 12.0. The Bertz CT molecular complexity index is 437. The average molecular weight is 310 g/mol. The molecule has 0 heterocycles. The van der Waals surface area contributed by atoms with Crippen molar-refractivity contribution in [3.05, 3.63) is 29.8 Å². The minimum atomic E-state index is -0.612. The summed E-state index contributed by atoms with van der Waals surface area (Å²) in [7, 11) is 0. The highest BCUT2D eigenvalue weighted by Gasteiger charge is 2.07. The minimum Gasteiger partial charge on any atom is -0.489 e. The number of thioether (sulfide) groups is 1. The maximum absolute atomic E-state index is 9.80. The Balaban J connectivity index is 2.11. The fraction of sp³-hybridized carbons (Fsp3) is 0.533. The van der Waals surface area contributed by atoms with E-state index < -0.39 is 6.10 Å². The summed E-state index contributed by atoms with van der Waals surface area (Å²) >= 11 is 1.77. The van der Waals surface area contributed by atoms with Crippen LogP contribution in [0.4, 0.5) is 0 Å². The molecule has 0 spiro atoms. The summed E-state index contributed by atoms with van der Waals surface area (Å²) in [4.78, 5) is 0. The standard InChI is InChI=1S/C15H22N2O3S/c16-10-13-4-1-2-5-15(13)20-12-14(19)11-17-6-9-21-8-3-7-18/h1-2,4-5,14,17-19H,3,6-9,11-12H2. The van der Waals surface area contributed by atoms with Crippen molar-refractivity contribution >= 4 is 11.8 Å². The Morgan fingerprint density at radius 2 is 2.14 bits per heavy atom. The normalized spacial score (nSPS) is 11.9. The van der Waals surface area contributed by atoms with Gasteiger partial charge in [-0.3, -0.25) is 0 Å². The third-order valence-electron chi connectivity index (χ3n) is 2.69. The first-order valence-electron chi connectivity index (χ1n) is 6.97. The number of hydrogen-bond acceptors (Lipinski definition) is 6. The molecule has 1 unspecified atom stereocenters. The number of nitrogens with one attached hydrogen (secondary N) is 1. The van der Waals surface area contributed by atoms with Gasteiger partial charge in [0, 0.05) is 25.4 Å². The lowest BCUT2D eigenvalue weighted by atomic mass is 10.2. The van der Waals surface area contributed by atoms with Crippen molar-refractivity contribution in [1.82, 2.24) is 5.32 Å². The Hall–Kier alpha value is -1.26. The molecule has 0 aromatic heterocycles. The maximum atomic E-state index is 9.80. The van der Waals surface area contributed by atoms with Gasteiger partial charge in [0.1, 0.15) is 24.5 Å². The van der Waals surface area contributed by atoms with Crippen molar-refractivity contribution in [2.75, 3.05) is 37.8 Å². The topological polar surface area (TPSA) is 85.5 Å². The molecule has 1 aromatic carbocycles. The van der Waals surface area contributed by atoms with Gasteiger partial charge in [0.2, 0.25) is 0 Å². The van der Waals surface area contributed by atoms with E-state index in [4.69, 9.17) is 15.1 Å². The summed E-state index contributed by atoms with van der Waals surface area (Å²) in [5.74, 6) is 2.40. The lowest BCUT2D eigenvalue weighted by Crippen LogP contribution is -2.32. The van der Waals surface area contributed by atoms with Crippen LogP contribution < -0.4 is 10.1 Å². The van der Waals surface area contributed by atoms with Crippen molar-refractivity contribution in [3.8, 4) is 11.8 Å². The molecule has 1 rings (SSSR count). The van der Waals surface area contributed by atoms with E-state index in [-0.39, 0.29) is 13.2 Å².